The van der Waals surface area contributed by atoms with Gasteiger partial charge in [-0.1, -0.05) is 0 Å². The van der Waals surface area contributed by atoms with Crippen molar-refractivity contribution >= 4 is 57.1 Å². The molecule has 0 aliphatic heterocycles. The predicted molar refractivity (Wildman–Crippen MR) is 125 cm³/mol. The van der Waals surface area contributed by atoms with Gasteiger partial charge in [0.1, 0.15) is 9.88 Å². The van der Waals surface area contributed by atoms with Gasteiger partial charge < -0.3 is 15.4 Å². The highest BCUT2D eigenvalue weighted by Crippen LogP contribution is 2.24. The molecule has 0 saturated carbocycles. The van der Waals surface area contributed by atoms with E-state index >= 15 is 0 Å². The molecule has 0 aromatic carbocycles. The molecule has 0 amide bonds. The molecule has 0 fully saturated rings. The Kier molecular flexibility index (Phi) is 10.9. The summed E-state index contributed by atoms with van der Waals surface area (Å²) in [6.07, 6.45) is 1.21. The van der Waals surface area contributed by atoms with Crippen molar-refractivity contribution in [3.63, 3.8) is 0 Å². The predicted octanol–water partition coefficient (Wildman–Crippen LogP) is 2.69. The van der Waals surface area contributed by atoms with E-state index in [4.69, 9.17) is 4.74 Å². The van der Waals surface area contributed by atoms with Crippen LogP contribution in [0.4, 0.5) is 0 Å². The first-order chi connectivity index (χ1) is 12.4. The molecule has 1 unspecified atom stereocenters. The van der Waals surface area contributed by atoms with Gasteiger partial charge in [0.2, 0.25) is 0 Å². The fourth-order valence-corrected chi connectivity index (χ4v) is 3.22. The number of carbonyl (C=O) groups excluding carboxylic acids is 1. The Hall–Kier alpha value is -0.950. The van der Waals surface area contributed by atoms with Crippen LogP contribution in [0.2, 0.25) is 0 Å². The maximum absolute atomic E-state index is 12.0. The lowest BCUT2D eigenvalue weighted by atomic mass is 10.2. The summed E-state index contributed by atoms with van der Waals surface area (Å²) in [6, 6.07) is -0.212. The van der Waals surface area contributed by atoms with E-state index in [0.717, 1.165) is 5.01 Å². The Balaban J connectivity index is 0.00000729. The van der Waals surface area contributed by atoms with Gasteiger partial charge in [-0.05, 0) is 41.5 Å². The van der Waals surface area contributed by atoms with Crippen molar-refractivity contribution in [2.45, 2.75) is 52.3 Å². The van der Waals surface area contributed by atoms with E-state index < -0.39 is 14.6 Å². The minimum Gasteiger partial charge on any atom is -0.462 e. The van der Waals surface area contributed by atoms with Crippen molar-refractivity contribution in [3.8, 4) is 0 Å². The Morgan fingerprint density at radius 1 is 1.36 bits per heavy atom. The molecule has 0 aliphatic carbocycles. The van der Waals surface area contributed by atoms with Crippen LogP contribution in [0.15, 0.2) is 4.99 Å². The van der Waals surface area contributed by atoms with Gasteiger partial charge in [0, 0.05) is 12.8 Å². The van der Waals surface area contributed by atoms with Crippen LogP contribution in [-0.2, 0) is 14.6 Å². The number of halogens is 1. The topological polar surface area (TPSA) is 110 Å². The van der Waals surface area contributed by atoms with Crippen molar-refractivity contribution in [3.05, 3.63) is 15.6 Å². The van der Waals surface area contributed by atoms with Crippen LogP contribution >= 0.6 is 35.3 Å². The fraction of sp³-hybridized carbons (Fsp3) is 0.706. The third-order valence-corrected chi connectivity index (χ3v) is 7.42. The molecular formula is C17H31IN4O4S2. The summed E-state index contributed by atoms with van der Waals surface area (Å²) in [4.78, 5) is 21.3. The average molecular weight is 546 g/mol. The molecule has 0 aliphatic rings. The molecule has 11 heteroatoms. The lowest BCUT2D eigenvalue weighted by molar-refractivity contribution is 0.0531. The van der Waals surface area contributed by atoms with Crippen LogP contribution in [0, 0.1) is 6.92 Å². The zero-order valence-corrected chi connectivity index (χ0v) is 21.4. The van der Waals surface area contributed by atoms with Crippen LogP contribution in [-0.4, -0.2) is 56.0 Å². The SMILES string of the molecule is CCNC(=NCC(C)(C)S(C)(=O)=O)NC(C)c1nc(C)c(C(=O)OCC)s1.I. The van der Waals surface area contributed by atoms with Gasteiger partial charge in [-0.15, -0.1) is 35.3 Å². The molecule has 0 spiro atoms. The number of guanidine groups is 1. The monoisotopic (exact) mass is 546 g/mol. The van der Waals surface area contributed by atoms with Crippen LogP contribution in [0.1, 0.15) is 61.0 Å². The standard InChI is InChI=1S/C17H30N4O4S2.HI/c1-8-18-16(19-10-17(5,6)27(7,23)24)21-12(4)14-20-11(3)13(26-14)15(22)25-9-2;/h12H,8-10H2,1-7H3,(H2,18,19,21);1H. The van der Waals surface area contributed by atoms with Gasteiger partial charge in [-0.25, -0.2) is 18.2 Å². The van der Waals surface area contributed by atoms with Crippen molar-refractivity contribution in [1.82, 2.24) is 15.6 Å². The van der Waals surface area contributed by atoms with E-state index in [2.05, 4.69) is 20.6 Å². The third-order valence-electron chi connectivity index (χ3n) is 3.96. The Labute approximate surface area is 188 Å². The number of carbonyl (C=O) groups is 1. The first-order valence-electron chi connectivity index (χ1n) is 8.81. The molecule has 0 saturated heterocycles. The summed E-state index contributed by atoms with van der Waals surface area (Å²) in [6.45, 7) is 11.7. The number of rotatable bonds is 8. The summed E-state index contributed by atoms with van der Waals surface area (Å²) < 4.78 is 27.8. The first-order valence-corrected chi connectivity index (χ1v) is 11.5. The molecule has 0 radical (unpaired) electrons. The maximum atomic E-state index is 12.0. The van der Waals surface area contributed by atoms with Crippen molar-refractivity contribution in [2.75, 3.05) is 26.0 Å². The minimum atomic E-state index is -3.24. The maximum Gasteiger partial charge on any atom is 0.350 e. The van der Waals surface area contributed by atoms with Crippen LogP contribution in [0.5, 0.6) is 0 Å². The van der Waals surface area contributed by atoms with Crippen LogP contribution < -0.4 is 10.6 Å². The van der Waals surface area contributed by atoms with E-state index in [1.165, 1.54) is 17.6 Å². The van der Waals surface area contributed by atoms with Gasteiger partial charge in [0.15, 0.2) is 15.8 Å². The Morgan fingerprint density at radius 3 is 2.46 bits per heavy atom. The highest BCUT2D eigenvalue weighted by atomic mass is 127. The average Bonchev–Trinajstić information content (AvgIpc) is 2.94. The van der Waals surface area contributed by atoms with Crippen molar-refractivity contribution in [2.24, 2.45) is 4.99 Å². The number of sulfone groups is 1. The number of thiazole rings is 1. The lowest BCUT2D eigenvalue weighted by Gasteiger charge is -2.22. The number of nitrogens with one attached hydrogen (secondary N) is 2. The number of hydrogen-bond donors (Lipinski definition) is 2. The van der Waals surface area contributed by atoms with Crippen molar-refractivity contribution in [1.29, 1.82) is 0 Å². The summed E-state index contributed by atoms with van der Waals surface area (Å²) in [7, 11) is -3.24. The van der Waals surface area contributed by atoms with Gasteiger partial charge in [-0.3, -0.25) is 4.99 Å². The van der Waals surface area contributed by atoms with E-state index in [0.29, 0.717) is 29.7 Å². The number of aromatic nitrogens is 1. The fourth-order valence-electron chi connectivity index (χ4n) is 1.96. The normalized spacial score (nSPS) is 13.5. The molecule has 1 atom stereocenters. The summed E-state index contributed by atoms with van der Waals surface area (Å²) in [5.74, 6) is 0.119. The number of aliphatic imine (C=N–C) groups is 1. The van der Waals surface area contributed by atoms with E-state index in [1.54, 1.807) is 27.7 Å². The summed E-state index contributed by atoms with van der Waals surface area (Å²) in [5, 5.41) is 7.04. The number of aryl methyl sites for hydroxylation is 1. The van der Waals surface area contributed by atoms with E-state index in [1.807, 2.05) is 13.8 Å². The highest BCUT2D eigenvalue weighted by molar-refractivity contribution is 14.0. The summed E-state index contributed by atoms with van der Waals surface area (Å²) >= 11 is 1.28. The second-order valence-corrected chi connectivity index (χ2v) is 10.5. The summed E-state index contributed by atoms with van der Waals surface area (Å²) in [5.41, 5.74) is 0.627. The van der Waals surface area contributed by atoms with Crippen LogP contribution in [0.25, 0.3) is 0 Å². The number of ether oxygens (including phenoxy) is 1. The molecule has 1 aromatic heterocycles. The third kappa shape index (κ3) is 7.47. The number of nitrogens with zero attached hydrogens (tertiary/aromatic N) is 2. The largest absolute Gasteiger partial charge is 0.462 e. The zero-order chi connectivity index (χ0) is 20.8. The Bertz CT molecular complexity index is 791. The van der Waals surface area contributed by atoms with Gasteiger partial charge >= 0.3 is 5.97 Å². The minimum absolute atomic E-state index is 0. The molecule has 8 nitrogen and oxygen atoms in total. The first kappa shape index (κ1) is 27.0. The highest BCUT2D eigenvalue weighted by Gasteiger charge is 2.30. The van der Waals surface area contributed by atoms with E-state index in [-0.39, 0.29) is 42.5 Å². The smallest absolute Gasteiger partial charge is 0.350 e. The molecule has 1 rings (SSSR count). The quantitative estimate of drug-likeness (QED) is 0.223. The number of esters is 1. The zero-order valence-electron chi connectivity index (χ0n) is 17.5. The second kappa shape index (κ2) is 11.3. The number of hydrogen-bond acceptors (Lipinski definition) is 7. The molecule has 162 valence electrons. The van der Waals surface area contributed by atoms with E-state index in [9.17, 15) is 13.2 Å². The molecule has 28 heavy (non-hydrogen) atoms. The Morgan fingerprint density at radius 2 is 1.96 bits per heavy atom. The van der Waals surface area contributed by atoms with Gasteiger partial charge in [-0.2, -0.15) is 0 Å². The molecule has 2 N–H and O–H groups in total. The van der Waals surface area contributed by atoms with Gasteiger partial charge in [0.25, 0.3) is 0 Å². The second-order valence-electron chi connectivity index (χ2n) is 6.78. The van der Waals surface area contributed by atoms with Gasteiger partial charge in [0.05, 0.1) is 29.6 Å². The molecular weight excluding hydrogens is 515 g/mol. The molecule has 1 heterocycles. The molecule has 1 aromatic rings. The van der Waals surface area contributed by atoms with Crippen LogP contribution in [0.3, 0.4) is 0 Å². The van der Waals surface area contributed by atoms with Crippen molar-refractivity contribution < 1.29 is 17.9 Å². The molecule has 0 bridgehead atoms. The lowest BCUT2D eigenvalue weighted by Crippen LogP contribution is -2.41.